The number of nitrogens with one attached hydrogen (secondary N) is 2. The monoisotopic (exact) mass is 343 g/mol. The van der Waals surface area contributed by atoms with Crippen molar-refractivity contribution in [3.63, 3.8) is 0 Å². The van der Waals surface area contributed by atoms with Gasteiger partial charge in [-0.15, -0.1) is 0 Å². The van der Waals surface area contributed by atoms with Crippen molar-refractivity contribution in [1.82, 2.24) is 4.98 Å². The number of carbonyl (C=O) groups is 1. The predicted octanol–water partition coefficient (Wildman–Crippen LogP) is 4.07. The highest BCUT2D eigenvalue weighted by atomic mass is 79.9. The molecule has 0 atom stereocenters. The number of aromatic amines is 1. The van der Waals surface area contributed by atoms with Gasteiger partial charge in [0.05, 0.1) is 5.56 Å². The largest absolute Gasteiger partial charge is 0.399 e. The van der Waals surface area contributed by atoms with Crippen molar-refractivity contribution >= 4 is 44.1 Å². The SMILES string of the molecule is Cc1ccc(NC(=O)c2c[nH]c3ccc(N)cc23)cc1Br. The van der Waals surface area contributed by atoms with Crippen LogP contribution >= 0.6 is 15.9 Å². The van der Waals surface area contributed by atoms with E-state index >= 15 is 0 Å². The second-order valence-corrected chi connectivity index (χ2v) is 5.78. The third-order valence-corrected chi connectivity index (χ3v) is 4.23. The highest BCUT2D eigenvalue weighted by Gasteiger charge is 2.12. The first-order chi connectivity index (χ1) is 10.0. The number of H-pyrrole nitrogens is 1. The van der Waals surface area contributed by atoms with Gasteiger partial charge in [-0.25, -0.2) is 0 Å². The van der Waals surface area contributed by atoms with Gasteiger partial charge in [0.1, 0.15) is 0 Å². The molecule has 2 aromatic carbocycles. The lowest BCUT2D eigenvalue weighted by Crippen LogP contribution is -2.11. The summed E-state index contributed by atoms with van der Waals surface area (Å²) >= 11 is 3.46. The van der Waals surface area contributed by atoms with E-state index in [1.807, 2.05) is 31.2 Å². The molecule has 0 bridgehead atoms. The molecule has 5 heteroatoms. The maximum absolute atomic E-state index is 12.4. The maximum atomic E-state index is 12.4. The fourth-order valence-corrected chi connectivity index (χ4v) is 2.57. The fraction of sp³-hybridized carbons (Fsp3) is 0.0625. The number of hydrogen-bond acceptors (Lipinski definition) is 2. The summed E-state index contributed by atoms with van der Waals surface area (Å²) < 4.78 is 0.962. The Bertz CT molecular complexity index is 839. The zero-order chi connectivity index (χ0) is 15.0. The zero-order valence-electron chi connectivity index (χ0n) is 11.4. The molecule has 4 nitrogen and oxygen atoms in total. The van der Waals surface area contributed by atoms with Crippen molar-refractivity contribution in [2.75, 3.05) is 11.1 Å². The second kappa shape index (κ2) is 5.26. The van der Waals surface area contributed by atoms with Crippen LogP contribution in [0, 0.1) is 6.92 Å². The van der Waals surface area contributed by atoms with E-state index in [-0.39, 0.29) is 5.91 Å². The molecule has 4 N–H and O–H groups in total. The summed E-state index contributed by atoms with van der Waals surface area (Å²) in [6.07, 6.45) is 1.70. The normalized spacial score (nSPS) is 10.8. The smallest absolute Gasteiger partial charge is 0.257 e. The van der Waals surface area contributed by atoms with Crippen molar-refractivity contribution in [3.8, 4) is 0 Å². The number of hydrogen-bond donors (Lipinski definition) is 3. The molecule has 0 aliphatic carbocycles. The van der Waals surface area contributed by atoms with E-state index in [9.17, 15) is 4.79 Å². The van der Waals surface area contributed by atoms with Gasteiger partial charge >= 0.3 is 0 Å². The number of carbonyl (C=O) groups excluding carboxylic acids is 1. The van der Waals surface area contributed by atoms with Crippen LogP contribution in [0.5, 0.6) is 0 Å². The van der Waals surface area contributed by atoms with Crippen LogP contribution in [0.3, 0.4) is 0 Å². The van der Waals surface area contributed by atoms with Crippen molar-refractivity contribution < 1.29 is 4.79 Å². The molecule has 1 heterocycles. The molecule has 3 aromatic rings. The van der Waals surface area contributed by atoms with Crippen LogP contribution in [0.25, 0.3) is 10.9 Å². The molecule has 0 saturated carbocycles. The third kappa shape index (κ3) is 2.64. The third-order valence-electron chi connectivity index (χ3n) is 3.38. The summed E-state index contributed by atoms with van der Waals surface area (Å²) in [5.41, 5.74) is 9.75. The first-order valence-electron chi connectivity index (χ1n) is 6.49. The van der Waals surface area contributed by atoms with Gasteiger partial charge in [0.15, 0.2) is 0 Å². The Balaban J connectivity index is 1.93. The summed E-state index contributed by atoms with van der Waals surface area (Å²) in [5, 5.41) is 3.71. The first-order valence-corrected chi connectivity index (χ1v) is 7.28. The van der Waals surface area contributed by atoms with E-state index < -0.39 is 0 Å². The molecular formula is C16H14BrN3O. The van der Waals surface area contributed by atoms with Gasteiger partial charge in [0.2, 0.25) is 0 Å². The molecule has 0 spiro atoms. The summed E-state index contributed by atoms with van der Waals surface area (Å²) in [4.78, 5) is 15.5. The van der Waals surface area contributed by atoms with Gasteiger partial charge in [-0.05, 0) is 42.8 Å². The van der Waals surface area contributed by atoms with E-state index in [1.165, 1.54) is 0 Å². The lowest BCUT2D eigenvalue weighted by atomic mass is 10.1. The van der Waals surface area contributed by atoms with Crippen LogP contribution in [0.1, 0.15) is 15.9 Å². The number of fused-ring (bicyclic) bond motifs is 1. The standard InChI is InChI=1S/C16H14BrN3O/c1-9-2-4-11(7-14(9)17)20-16(21)13-8-19-15-5-3-10(18)6-12(13)15/h2-8,19H,18H2,1H3,(H,20,21). The quantitative estimate of drug-likeness (QED) is 0.613. The van der Waals surface area contributed by atoms with E-state index in [0.29, 0.717) is 11.3 Å². The van der Waals surface area contributed by atoms with Gasteiger partial charge in [-0.3, -0.25) is 4.79 Å². The van der Waals surface area contributed by atoms with Crippen molar-refractivity contribution in [1.29, 1.82) is 0 Å². The number of nitrogens with two attached hydrogens (primary N) is 1. The summed E-state index contributed by atoms with van der Waals surface area (Å²) in [6.45, 7) is 2.00. The molecular weight excluding hydrogens is 330 g/mol. The Morgan fingerprint density at radius 1 is 1.24 bits per heavy atom. The number of amides is 1. The lowest BCUT2D eigenvalue weighted by molar-refractivity contribution is 0.102. The number of aryl methyl sites for hydroxylation is 1. The Morgan fingerprint density at radius 2 is 2.05 bits per heavy atom. The van der Waals surface area contributed by atoms with Gasteiger partial charge in [-0.1, -0.05) is 22.0 Å². The topological polar surface area (TPSA) is 70.9 Å². The number of aromatic nitrogens is 1. The molecule has 0 aliphatic rings. The number of nitrogen functional groups attached to an aromatic ring is 1. The van der Waals surface area contributed by atoms with Crippen LogP contribution in [0.4, 0.5) is 11.4 Å². The highest BCUT2D eigenvalue weighted by molar-refractivity contribution is 9.10. The summed E-state index contributed by atoms with van der Waals surface area (Å²) in [6, 6.07) is 11.2. The Labute approximate surface area is 130 Å². The average Bonchev–Trinajstić information content (AvgIpc) is 2.86. The Hall–Kier alpha value is -2.27. The van der Waals surface area contributed by atoms with E-state index in [0.717, 1.165) is 26.6 Å². The molecule has 1 amide bonds. The highest BCUT2D eigenvalue weighted by Crippen LogP contribution is 2.24. The Morgan fingerprint density at radius 3 is 2.81 bits per heavy atom. The number of anilines is 2. The first kappa shape index (κ1) is 13.7. The number of benzene rings is 2. The van der Waals surface area contributed by atoms with Crippen molar-refractivity contribution in [2.24, 2.45) is 0 Å². The fourth-order valence-electron chi connectivity index (χ4n) is 2.20. The van der Waals surface area contributed by atoms with Crippen LogP contribution in [0.2, 0.25) is 0 Å². The molecule has 21 heavy (non-hydrogen) atoms. The van der Waals surface area contributed by atoms with E-state index in [1.54, 1.807) is 18.3 Å². The molecule has 0 unspecified atom stereocenters. The number of halogens is 1. The maximum Gasteiger partial charge on any atom is 0.257 e. The van der Waals surface area contributed by atoms with Crippen LogP contribution in [-0.4, -0.2) is 10.9 Å². The van der Waals surface area contributed by atoms with E-state index in [2.05, 4.69) is 26.2 Å². The predicted molar refractivity (Wildman–Crippen MR) is 89.5 cm³/mol. The van der Waals surface area contributed by atoms with Gasteiger partial charge < -0.3 is 16.0 Å². The second-order valence-electron chi connectivity index (χ2n) is 4.93. The molecule has 106 valence electrons. The summed E-state index contributed by atoms with van der Waals surface area (Å²) in [5.74, 6) is -0.164. The average molecular weight is 344 g/mol. The number of rotatable bonds is 2. The van der Waals surface area contributed by atoms with Crippen LogP contribution in [0.15, 0.2) is 47.1 Å². The van der Waals surface area contributed by atoms with Crippen LogP contribution < -0.4 is 11.1 Å². The van der Waals surface area contributed by atoms with Gasteiger partial charge in [0.25, 0.3) is 5.91 Å². The molecule has 0 radical (unpaired) electrons. The summed E-state index contributed by atoms with van der Waals surface area (Å²) in [7, 11) is 0. The van der Waals surface area contributed by atoms with E-state index in [4.69, 9.17) is 5.73 Å². The van der Waals surface area contributed by atoms with Crippen molar-refractivity contribution in [3.05, 3.63) is 58.2 Å². The minimum absolute atomic E-state index is 0.164. The minimum Gasteiger partial charge on any atom is -0.399 e. The lowest BCUT2D eigenvalue weighted by Gasteiger charge is -2.06. The van der Waals surface area contributed by atoms with Gasteiger partial charge in [-0.2, -0.15) is 0 Å². The molecule has 0 fully saturated rings. The molecule has 0 aliphatic heterocycles. The van der Waals surface area contributed by atoms with Gasteiger partial charge in [0, 0.05) is 32.9 Å². The van der Waals surface area contributed by atoms with Crippen molar-refractivity contribution in [2.45, 2.75) is 6.92 Å². The Kier molecular flexibility index (Phi) is 3.43. The minimum atomic E-state index is -0.164. The zero-order valence-corrected chi connectivity index (χ0v) is 13.0. The molecule has 1 aromatic heterocycles. The molecule has 3 rings (SSSR count). The van der Waals surface area contributed by atoms with Crippen LogP contribution in [-0.2, 0) is 0 Å². The molecule has 0 saturated heterocycles.